The summed E-state index contributed by atoms with van der Waals surface area (Å²) in [5, 5.41) is 3.52. The van der Waals surface area contributed by atoms with E-state index in [2.05, 4.69) is 21.2 Å². The molecule has 0 aliphatic carbocycles. The van der Waals surface area contributed by atoms with E-state index >= 15 is 4.39 Å². The highest BCUT2D eigenvalue weighted by molar-refractivity contribution is 9.10. The van der Waals surface area contributed by atoms with Crippen molar-refractivity contribution in [2.45, 2.75) is 45.4 Å². The number of benzene rings is 3. The number of ether oxygens (including phenoxy) is 2. The summed E-state index contributed by atoms with van der Waals surface area (Å²) in [7, 11) is 1.39. The van der Waals surface area contributed by atoms with Crippen LogP contribution in [-0.2, 0) is 9.53 Å². The van der Waals surface area contributed by atoms with E-state index in [4.69, 9.17) is 14.5 Å². The summed E-state index contributed by atoms with van der Waals surface area (Å²) in [6.07, 6.45) is -1.57. The molecule has 6 nitrogen and oxygen atoms in total. The van der Waals surface area contributed by atoms with E-state index in [1.54, 1.807) is 13.0 Å². The topological polar surface area (TPSA) is 77.5 Å². The van der Waals surface area contributed by atoms with Gasteiger partial charge in [-0.2, -0.15) is 0 Å². The van der Waals surface area contributed by atoms with Crippen LogP contribution in [0.4, 0.5) is 8.78 Å². The molecule has 41 heavy (non-hydrogen) atoms. The molecule has 214 valence electrons. The number of alkyl halides is 1. The zero-order valence-corrected chi connectivity index (χ0v) is 24.6. The van der Waals surface area contributed by atoms with Gasteiger partial charge in [-0.15, -0.1) is 0 Å². The van der Waals surface area contributed by atoms with Crippen LogP contribution in [0.3, 0.4) is 0 Å². The summed E-state index contributed by atoms with van der Waals surface area (Å²) in [5.74, 6) is -2.54. The Morgan fingerprint density at radius 3 is 2.54 bits per heavy atom. The van der Waals surface area contributed by atoms with Gasteiger partial charge in [-0.05, 0) is 49.2 Å². The molecule has 2 atom stereocenters. The third-order valence-corrected chi connectivity index (χ3v) is 7.30. The van der Waals surface area contributed by atoms with Crippen molar-refractivity contribution < 1.29 is 27.8 Å². The number of hydrogen-bond acceptors (Lipinski definition) is 5. The zero-order chi connectivity index (χ0) is 29.5. The Hall–Kier alpha value is -3.85. The number of nitrogens with zero attached hydrogens (tertiary/aromatic N) is 1. The van der Waals surface area contributed by atoms with Crippen molar-refractivity contribution in [3.63, 3.8) is 0 Å². The Labute approximate surface area is 246 Å². The highest BCUT2D eigenvalue weighted by atomic mass is 79.9. The summed E-state index contributed by atoms with van der Waals surface area (Å²) in [4.78, 5) is 31.3. The van der Waals surface area contributed by atoms with Crippen LogP contribution >= 0.6 is 15.9 Å². The van der Waals surface area contributed by atoms with Crippen molar-refractivity contribution in [1.29, 1.82) is 0 Å². The van der Waals surface area contributed by atoms with Crippen LogP contribution in [0.1, 0.15) is 53.6 Å². The minimum absolute atomic E-state index is 0.0594. The number of halogens is 3. The molecule has 0 fully saturated rings. The molecule has 2 unspecified atom stereocenters. The number of carbonyl (C=O) groups excluding carboxylic acids is 2. The van der Waals surface area contributed by atoms with Crippen LogP contribution < -0.4 is 10.1 Å². The maximum Gasteiger partial charge on any atom is 0.309 e. The van der Waals surface area contributed by atoms with E-state index in [0.29, 0.717) is 34.1 Å². The van der Waals surface area contributed by atoms with Crippen molar-refractivity contribution in [3.8, 4) is 17.0 Å². The summed E-state index contributed by atoms with van der Waals surface area (Å²) in [6.45, 7) is 3.47. The molecule has 3 aromatic carbocycles. The molecule has 0 saturated carbocycles. The van der Waals surface area contributed by atoms with Crippen molar-refractivity contribution in [3.05, 3.63) is 93.7 Å². The lowest BCUT2D eigenvalue weighted by atomic mass is 9.93. The van der Waals surface area contributed by atoms with E-state index in [9.17, 15) is 14.0 Å². The summed E-state index contributed by atoms with van der Waals surface area (Å²) < 4.78 is 40.2. The van der Waals surface area contributed by atoms with Crippen LogP contribution in [0.25, 0.3) is 22.2 Å². The van der Waals surface area contributed by atoms with E-state index < -0.39 is 30.0 Å². The molecule has 9 heteroatoms. The average Bonchev–Trinajstić information content (AvgIpc) is 2.95. The normalized spacial score (nSPS) is 12.5. The van der Waals surface area contributed by atoms with Gasteiger partial charge in [0.2, 0.25) is 6.36 Å². The third kappa shape index (κ3) is 7.08. The predicted molar refractivity (Wildman–Crippen MR) is 158 cm³/mol. The van der Waals surface area contributed by atoms with E-state index in [1.807, 2.05) is 55.5 Å². The van der Waals surface area contributed by atoms with Gasteiger partial charge in [-0.1, -0.05) is 59.3 Å². The molecular formula is C32H31BrF2N2O4. The van der Waals surface area contributed by atoms with Gasteiger partial charge in [0.05, 0.1) is 30.3 Å². The van der Waals surface area contributed by atoms with E-state index in [0.717, 1.165) is 10.0 Å². The van der Waals surface area contributed by atoms with Crippen LogP contribution in [0.5, 0.6) is 5.75 Å². The largest absolute Gasteiger partial charge is 0.496 e. The fourth-order valence-electron chi connectivity index (χ4n) is 4.85. The molecule has 1 amide bonds. The Morgan fingerprint density at radius 2 is 1.83 bits per heavy atom. The SMILES string of the molecule is CCCC(F)OC(=O)CC(CNC(=O)c1c(C)c(-c2ccccc2)nc2ccc(Br)cc12)c1c(F)cccc1OC. The summed E-state index contributed by atoms with van der Waals surface area (Å²) >= 11 is 3.48. The fraction of sp³-hybridized carbons (Fsp3) is 0.281. The quantitative estimate of drug-likeness (QED) is 0.173. The summed E-state index contributed by atoms with van der Waals surface area (Å²) in [5.41, 5.74) is 3.31. The second kappa shape index (κ2) is 13.7. The average molecular weight is 626 g/mol. The molecule has 0 bridgehead atoms. The first-order chi connectivity index (χ1) is 19.7. The van der Waals surface area contributed by atoms with Crippen molar-refractivity contribution in [2.24, 2.45) is 0 Å². The number of rotatable bonds is 11. The Balaban J connectivity index is 1.71. The first-order valence-corrected chi connectivity index (χ1v) is 14.1. The van der Waals surface area contributed by atoms with Crippen molar-refractivity contribution in [1.82, 2.24) is 10.3 Å². The van der Waals surface area contributed by atoms with E-state index in [1.165, 1.54) is 19.2 Å². The second-order valence-corrected chi connectivity index (χ2v) is 10.6. The summed E-state index contributed by atoms with van der Waals surface area (Å²) in [6, 6.07) is 19.3. The number of amides is 1. The highest BCUT2D eigenvalue weighted by Crippen LogP contribution is 2.34. The Kier molecular flexibility index (Phi) is 10.0. The molecule has 0 radical (unpaired) electrons. The van der Waals surface area contributed by atoms with Crippen LogP contribution in [0, 0.1) is 12.7 Å². The monoisotopic (exact) mass is 624 g/mol. The van der Waals surface area contributed by atoms with Gasteiger partial charge in [-0.25, -0.2) is 13.8 Å². The highest BCUT2D eigenvalue weighted by Gasteiger charge is 2.27. The molecule has 4 rings (SSSR count). The Morgan fingerprint density at radius 1 is 1.07 bits per heavy atom. The minimum Gasteiger partial charge on any atom is -0.496 e. The van der Waals surface area contributed by atoms with Crippen LogP contribution in [0.15, 0.2) is 71.2 Å². The number of esters is 1. The van der Waals surface area contributed by atoms with Gasteiger partial charge in [0, 0.05) is 39.9 Å². The molecule has 1 heterocycles. The second-order valence-electron chi connectivity index (χ2n) is 9.64. The van der Waals surface area contributed by atoms with Crippen LogP contribution in [-0.4, -0.2) is 36.9 Å². The minimum atomic E-state index is -1.76. The number of nitrogens with one attached hydrogen (secondary N) is 1. The lowest BCUT2D eigenvalue weighted by Gasteiger charge is -2.22. The lowest BCUT2D eigenvalue weighted by Crippen LogP contribution is -2.31. The number of methoxy groups -OCH3 is 1. The molecule has 0 spiro atoms. The standard InChI is InChI=1S/C32H31BrF2N2O4/c1-4-9-27(35)41-28(38)16-21(30-24(34)12-8-13-26(30)40-3)18-36-32(39)29-19(2)31(20-10-6-5-7-11-20)37-25-15-14-22(33)17-23(25)29/h5-8,10-15,17,21,27H,4,9,16,18H2,1-3H3,(H,36,39). The molecule has 1 N–H and O–H groups in total. The first kappa shape index (κ1) is 30.1. The number of hydrogen-bond donors (Lipinski definition) is 1. The maximum absolute atomic E-state index is 15.1. The molecule has 1 aromatic heterocycles. The molecule has 0 saturated heterocycles. The first-order valence-electron chi connectivity index (χ1n) is 13.3. The molecule has 4 aromatic rings. The Bertz CT molecular complexity index is 1550. The van der Waals surface area contributed by atoms with Gasteiger partial charge in [0.1, 0.15) is 11.6 Å². The van der Waals surface area contributed by atoms with Gasteiger partial charge >= 0.3 is 5.97 Å². The molecule has 0 aliphatic rings. The van der Waals surface area contributed by atoms with Gasteiger partial charge < -0.3 is 14.8 Å². The van der Waals surface area contributed by atoms with Crippen LogP contribution in [0.2, 0.25) is 0 Å². The number of carbonyl (C=O) groups is 2. The molecular weight excluding hydrogens is 594 g/mol. The van der Waals surface area contributed by atoms with Crippen molar-refractivity contribution >= 4 is 38.7 Å². The smallest absolute Gasteiger partial charge is 0.309 e. The maximum atomic E-state index is 15.1. The van der Waals surface area contributed by atoms with Crippen molar-refractivity contribution in [2.75, 3.05) is 13.7 Å². The van der Waals surface area contributed by atoms with Gasteiger partial charge in [0.15, 0.2) is 0 Å². The third-order valence-electron chi connectivity index (χ3n) is 6.80. The fourth-order valence-corrected chi connectivity index (χ4v) is 5.21. The number of fused-ring (bicyclic) bond motifs is 1. The van der Waals surface area contributed by atoms with E-state index in [-0.39, 0.29) is 30.7 Å². The lowest BCUT2D eigenvalue weighted by molar-refractivity contribution is -0.158. The van der Waals surface area contributed by atoms with Gasteiger partial charge in [0.25, 0.3) is 5.91 Å². The zero-order valence-electron chi connectivity index (χ0n) is 23.0. The number of pyridine rings is 1. The van der Waals surface area contributed by atoms with Gasteiger partial charge in [-0.3, -0.25) is 9.59 Å². The molecule has 0 aliphatic heterocycles. The number of aromatic nitrogens is 1. The predicted octanol–water partition coefficient (Wildman–Crippen LogP) is 7.66.